The van der Waals surface area contributed by atoms with Crippen LogP contribution in [0.4, 0.5) is 0 Å². The van der Waals surface area contributed by atoms with E-state index in [1.807, 2.05) is 0 Å². The average Bonchev–Trinajstić information content (AvgIpc) is 1.91. The van der Waals surface area contributed by atoms with E-state index < -0.39 is 0 Å². The summed E-state index contributed by atoms with van der Waals surface area (Å²) in [6.45, 7) is 11.0. The Kier molecular flexibility index (Phi) is 19.4. The molecule has 10 heavy (non-hydrogen) atoms. The van der Waals surface area contributed by atoms with Crippen molar-refractivity contribution in [1.82, 2.24) is 5.32 Å². The van der Waals surface area contributed by atoms with E-state index in [1.54, 1.807) is 6.20 Å². The van der Waals surface area contributed by atoms with Crippen molar-refractivity contribution in [3.05, 3.63) is 12.8 Å². The summed E-state index contributed by atoms with van der Waals surface area (Å²) in [6, 6.07) is 0. The highest BCUT2D eigenvalue weighted by atomic mass is 14.8. The molecule has 0 heterocycles. The minimum absolute atomic E-state index is 1.07. The molecule has 0 spiro atoms. The molecular weight excluding hydrogens is 122 g/mol. The van der Waals surface area contributed by atoms with Crippen molar-refractivity contribution in [2.45, 2.75) is 40.0 Å². The third-order valence-corrected chi connectivity index (χ3v) is 0.819. The van der Waals surface area contributed by atoms with Crippen LogP contribution in [-0.2, 0) is 0 Å². The minimum Gasteiger partial charge on any atom is -0.391 e. The van der Waals surface area contributed by atoms with Gasteiger partial charge in [0.2, 0.25) is 0 Å². The first-order chi connectivity index (χ1) is 4.83. The van der Waals surface area contributed by atoms with Crippen LogP contribution in [0, 0.1) is 0 Å². The fourth-order valence-corrected chi connectivity index (χ4v) is 0.381. The first-order valence-electron chi connectivity index (χ1n) is 4.17. The number of nitrogens with one attached hydrogen (secondary N) is 1. The molecule has 0 aliphatic carbocycles. The maximum atomic E-state index is 3.52. The zero-order valence-corrected chi connectivity index (χ0v) is 7.61. The summed E-state index contributed by atoms with van der Waals surface area (Å²) >= 11 is 0. The van der Waals surface area contributed by atoms with Gasteiger partial charge in [-0.3, -0.25) is 0 Å². The van der Waals surface area contributed by atoms with Crippen LogP contribution in [0.3, 0.4) is 0 Å². The fraction of sp³-hybridized carbons (Fsp3) is 0.778. The summed E-state index contributed by atoms with van der Waals surface area (Å²) in [5.41, 5.74) is 0. The lowest BCUT2D eigenvalue weighted by Crippen LogP contribution is -2.04. The van der Waals surface area contributed by atoms with Crippen molar-refractivity contribution in [1.29, 1.82) is 0 Å². The van der Waals surface area contributed by atoms with Gasteiger partial charge >= 0.3 is 0 Å². The molecular formula is C9H21N. The molecule has 0 aromatic heterocycles. The Morgan fingerprint density at radius 3 is 2.10 bits per heavy atom. The lowest BCUT2D eigenvalue weighted by molar-refractivity contribution is 0.736. The molecule has 1 nitrogen and oxygen atoms in total. The maximum Gasteiger partial charge on any atom is 0.0141 e. The van der Waals surface area contributed by atoms with E-state index in [1.165, 1.54) is 19.3 Å². The summed E-state index contributed by atoms with van der Waals surface area (Å²) in [6.07, 6.45) is 5.47. The third kappa shape index (κ3) is 25.7. The molecule has 0 amide bonds. The van der Waals surface area contributed by atoms with Gasteiger partial charge < -0.3 is 5.32 Å². The summed E-state index contributed by atoms with van der Waals surface area (Å²) in [5, 5.41) is 3.01. The topological polar surface area (TPSA) is 12.0 Å². The first kappa shape index (κ1) is 12.2. The van der Waals surface area contributed by atoms with E-state index in [0.29, 0.717) is 0 Å². The molecule has 0 fully saturated rings. The highest BCUT2D eigenvalue weighted by Gasteiger charge is 1.74. The molecule has 0 saturated carbocycles. The van der Waals surface area contributed by atoms with E-state index >= 15 is 0 Å². The molecule has 1 heteroatoms. The molecule has 0 unspecified atom stereocenters. The van der Waals surface area contributed by atoms with Gasteiger partial charge in [0.1, 0.15) is 0 Å². The molecule has 0 aromatic rings. The summed E-state index contributed by atoms with van der Waals surface area (Å²) in [4.78, 5) is 0. The normalized spacial score (nSPS) is 7.50. The maximum absolute atomic E-state index is 3.52. The lowest BCUT2D eigenvalue weighted by atomic mass is 10.3. The standard InChI is InChI=1S/C6H13N.C3H8/c1-3-5-6-7-4-2;1-3-2/h4,7H,2-3,5-6H2,1H3;3H2,1-2H3. The van der Waals surface area contributed by atoms with Gasteiger partial charge in [-0.1, -0.05) is 40.2 Å². The predicted molar refractivity (Wildman–Crippen MR) is 49.1 cm³/mol. The van der Waals surface area contributed by atoms with Gasteiger partial charge in [0.25, 0.3) is 0 Å². The van der Waals surface area contributed by atoms with E-state index in [9.17, 15) is 0 Å². The van der Waals surface area contributed by atoms with E-state index in [4.69, 9.17) is 0 Å². The zero-order chi connectivity index (χ0) is 8.24. The van der Waals surface area contributed by atoms with Crippen LogP contribution in [-0.4, -0.2) is 6.54 Å². The van der Waals surface area contributed by atoms with E-state index in [-0.39, 0.29) is 0 Å². The summed E-state index contributed by atoms with van der Waals surface area (Å²) < 4.78 is 0. The Bertz CT molecular complexity index is 50.7. The summed E-state index contributed by atoms with van der Waals surface area (Å²) in [7, 11) is 0. The van der Waals surface area contributed by atoms with Crippen molar-refractivity contribution in [3.63, 3.8) is 0 Å². The highest BCUT2D eigenvalue weighted by Crippen LogP contribution is 1.80. The minimum atomic E-state index is 1.07. The SMILES string of the molecule is C=CNCCCC.CCC. The van der Waals surface area contributed by atoms with Gasteiger partial charge in [0.05, 0.1) is 0 Å². The molecule has 1 N–H and O–H groups in total. The second kappa shape index (κ2) is 15.8. The second-order valence-corrected chi connectivity index (χ2v) is 2.22. The Balaban J connectivity index is 0. The largest absolute Gasteiger partial charge is 0.391 e. The molecule has 0 saturated heterocycles. The molecule has 62 valence electrons. The summed E-state index contributed by atoms with van der Waals surface area (Å²) in [5.74, 6) is 0. The number of hydrogen-bond acceptors (Lipinski definition) is 1. The average molecular weight is 143 g/mol. The molecule has 0 aliphatic rings. The van der Waals surface area contributed by atoms with Crippen molar-refractivity contribution in [2.24, 2.45) is 0 Å². The van der Waals surface area contributed by atoms with Gasteiger partial charge in [-0.15, -0.1) is 0 Å². The van der Waals surface area contributed by atoms with Crippen LogP contribution < -0.4 is 5.32 Å². The third-order valence-electron chi connectivity index (χ3n) is 0.819. The van der Waals surface area contributed by atoms with Crippen molar-refractivity contribution < 1.29 is 0 Å². The smallest absolute Gasteiger partial charge is 0.0141 e. The highest BCUT2D eigenvalue weighted by molar-refractivity contribution is 4.61. The zero-order valence-electron chi connectivity index (χ0n) is 7.61. The predicted octanol–water partition coefficient (Wildman–Crippen LogP) is 2.94. The van der Waals surface area contributed by atoms with Crippen molar-refractivity contribution in [2.75, 3.05) is 6.54 Å². The van der Waals surface area contributed by atoms with Gasteiger partial charge in [0, 0.05) is 6.54 Å². The van der Waals surface area contributed by atoms with Crippen LogP contribution in [0.2, 0.25) is 0 Å². The van der Waals surface area contributed by atoms with Gasteiger partial charge in [-0.2, -0.15) is 0 Å². The Hall–Kier alpha value is -0.460. The van der Waals surface area contributed by atoms with Gasteiger partial charge in [-0.25, -0.2) is 0 Å². The second-order valence-electron chi connectivity index (χ2n) is 2.22. The Morgan fingerprint density at radius 2 is 1.80 bits per heavy atom. The molecule has 0 aromatic carbocycles. The van der Waals surface area contributed by atoms with Crippen LogP contribution in [0.25, 0.3) is 0 Å². The van der Waals surface area contributed by atoms with Crippen LogP contribution >= 0.6 is 0 Å². The first-order valence-corrected chi connectivity index (χ1v) is 4.17. The van der Waals surface area contributed by atoms with Gasteiger partial charge in [0.15, 0.2) is 0 Å². The van der Waals surface area contributed by atoms with Crippen LogP contribution in [0.1, 0.15) is 40.0 Å². The quantitative estimate of drug-likeness (QED) is 0.597. The molecule has 0 bridgehead atoms. The monoisotopic (exact) mass is 143 g/mol. The van der Waals surface area contributed by atoms with Crippen molar-refractivity contribution >= 4 is 0 Å². The number of rotatable bonds is 4. The van der Waals surface area contributed by atoms with E-state index in [2.05, 4.69) is 32.7 Å². The number of hydrogen-bond donors (Lipinski definition) is 1. The molecule has 0 radical (unpaired) electrons. The van der Waals surface area contributed by atoms with E-state index in [0.717, 1.165) is 6.54 Å². The lowest BCUT2D eigenvalue weighted by Gasteiger charge is -1.93. The van der Waals surface area contributed by atoms with Crippen LogP contribution in [0.5, 0.6) is 0 Å². The Labute approximate surface area is 65.5 Å². The molecule has 0 rings (SSSR count). The number of unbranched alkanes of at least 4 members (excludes halogenated alkanes) is 1. The van der Waals surface area contributed by atoms with Crippen LogP contribution in [0.15, 0.2) is 12.8 Å². The Morgan fingerprint density at radius 1 is 1.30 bits per heavy atom. The molecule has 0 atom stereocenters. The van der Waals surface area contributed by atoms with Gasteiger partial charge in [-0.05, 0) is 12.6 Å². The van der Waals surface area contributed by atoms with Crippen molar-refractivity contribution in [3.8, 4) is 0 Å². The fourth-order valence-electron chi connectivity index (χ4n) is 0.381. The molecule has 0 aliphatic heterocycles.